The maximum absolute atomic E-state index is 12.5. The Labute approximate surface area is 180 Å². The quantitative estimate of drug-likeness (QED) is 0.552. The van der Waals surface area contributed by atoms with Gasteiger partial charge in [-0.25, -0.2) is 4.68 Å². The van der Waals surface area contributed by atoms with Crippen LogP contribution < -0.4 is 19.5 Å². The molecule has 0 saturated carbocycles. The smallest absolute Gasteiger partial charge is 0.225 e. The molecule has 3 rings (SSSR count). The van der Waals surface area contributed by atoms with E-state index in [1.165, 1.54) is 0 Å². The lowest BCUT2D eigenvalue weighted by atomic mass is 10.1. The summed E-state index contributed by atoms with van der Waals surface area (Å²) >= 11 is 5.93. The van der Waals surface area contributed by atoms with Gasteiger partial charge in [0.05, 0.1) is 34.1 Å². The molecule has 1 N–H and O–H groups in total. The van der Waals surface area contributed by atoms with Crippen molar-refractivity contribution in [2.24, 2.45) is 0 Å². The summed E-state index contributed by atoms with van der Waals surface area (Å²) in [6.45, 7) is 0.531. The first kappa shape index (κ1) is 21.5. The van der Waals surface area contributed by atoms with E-state index in [-0.39, 0.29) is 12.3 Å². The Kier molecular flexibility index (Phi) is 7.19. The zero-order chi connectivity index (χ0) is 21.5. The van der Waals surface area contributed by atoms with Gasteiger partial charge in [-0.3, -0.25) is 4.79 Å². The molecular weight excluding hydrogens is 406 g/mol. The third kappa shape index (κ3) is 5.04. The van der Waals surface area contributed by atoms with Gasteiger partial charge in [-0.1, -0.05) is 29.8 Å². The van der Waals surface area contributed by atoms with Crippen LogP contribution in [0.4, 0.5) is 5.82 Å². The molecule has 0 atom stereocenters. The van der Waals surface area contributed by atoms with E-state index in [0.29, 0.717) is 41.1 Å². The third-order valence-electron chi connectivity index (χ3n) is 4.64. The Morgan fingerprint density at radius 1 is 1.00 bits per heavy atom. The highest BCUT2D eigenvalue weighted by Crippen LogP contribution is 2.40. The van der Waals surface area contributed by atoms with Gasteiger partial charge < -0.3 is 19.5 Å². The van der Waals surface area contributed by atoms with Crippen molar-refractivity contribution in [3.05, 3.63) is 64.8 Å². The Morgan fingerprint density at radius 2 is 1.73 bits per heavy atom. The fraction of sp³-hybridized carbons (Fsp3) is 0.273. The first-order valence-corrected chi connectivity index (χ1v) is 9.77. The summed E-state index contributed by atoms with van der Waals surface area (Å²) in [5, 5.41) is 7.89. The first-order valence-electron chi connectivity index (χ1n) is 9.39. The van der Waals surface area contributed by atoms with Crippen molar-refractivity contribution in [2.45, 2.75) is 19.4 Å². The molecule has 0 aliphatic rings. The van der Waals surface area contributed by atoms with Crippen molar-refractivity contribution in [1.82, 2.24) is 9.78 Å². The van der Waals surface area contributed by atoms with Crippen LogP contribution in [-0.2, 0) is 17.8 Å². The summed E-state index contributed by atoms with van der Waals surface area (Å²) in [6.07, 6.45) is 2.42. The van der Waals surface area contributed by atoms with E-state index in [4.69, 9.17) is 25.8 Å². The number of anilines is 1. The lowest BCUT2D eigenvalue weighted by molar-refractivity contribution is -0.116. The number of nitrogens with zero attached hydrogens (tertiary/aromatic N) is 2. The molecule has 0 unspecified atom stereocenters. The number of amides is 1. The Hall–Kier alpha value is -3.19. The van der Waals surface area contributed by atoms with Crippen LogP contribution in [0.1, 0.15) is 17.5 Å². The molecule has 0 radical (unpaired) electrons. The highest BCUT2D eigenvalue weighted by atomic mass is 35.5. The number of rotatable bonds is 9. The number of benzene rings is 2. The number of halogens is 1. The molecule has 0 saturated heterocycles. The van der Waals surface area contributed by atoms with Gasteiger partial charge in [0.1, 0.15) is 5.82 Å². The third-order valence-corrected chi connectivity index (χ3v) is 4.89. The largest absolute Gasteiger partial charge is 0.493 e. The number of ether oxygens (including phenoxy) is 3. The second kappa shape index (κ2) is 10.0. The molecule has 158 valence electrons. The normalized spacial score (nSPS) is 10.5. The molecule has 2 aromatic carbocycles. The minimum Gasteiger partial charge on any atom is -0.493 e. The van der Waals surface area contributed by atoms with Crippen LogP contribution in [0.25, 0.3) is 0 Å². The van der Waals surface area contributed by atoms with E-state index in [0.717, 1.165) is 11.1 Å². The first-order chi connectivity index (χ1) is 14.5. The topological polar surface area (TPSA) is 74.6 Å². The highest BCUT2D eigenvalue weighted by molar-refractivity contribution is 6.30. The van der Waals surface area contributed by atoms with Gasteiger partial charge in [0.2, 0.25) is 11.7 Å². The van der Waals surface area contributed by atoms with Crippen molar-refractivity contribution in [3.63, 3.8) is 0 Å². The van der Waals surface area contributed by atoms with E-state index in [1.54, 1.807) is 44.3 Å². The summed E-state index contributed by atoms with van der Waals surface area (Å²) in [6, 6.07) is 13.0. The monoisotopic (exact) mass is 429 g/mol. The average Bonchev–Trinajstić information content (AvgIpc) is 3.19. The van der Waals surface area contributed by atoms with Crippen molar-refractivity contribution in [2.75, 3.05) is 26.6 Å². The second-order valence-corrected chi connectivity index (χ2v) is 6.98. The zero-order valence-electron chi connectivity index (χ0n) is 17.1. The van der Waals surface area contributed by atoms with Gasteiger partial charge in [-0.15, -0.1) is 0 Å². The van der Waals surface area contributed by atoms with Crippen LogP contribution in [0.2, 0.25) is 5.02 Å². The number of aryl methyl sites for hydroxylation is 1. The molecule has 0 aliphatic carbocycles. The maximum Gasteiger partial charge on any atom is 0.225 e. The Morgan fingerprint density at radius 3 is 2.40 bits per heavy atom. The van der Waals surface area contributed by atoms with Gasteiger partial charge in [0.15, 0.2) is 11.5 Å². The summed E-state index contributed by atoms with van der Waals surface area (Å²) < 4.78 is 17.9. The molecule has 0 fully saturated rings. The fourth-order valence-electron chi connectivity index (χ4n) is 3.14. The molecule has 1 aromatic heterocycles. The van der Waals surface area contributed by atoms with Crippen LogP contribution in [0.3, 0.4) is 0 Å². The molecule has 3 aromatic rings. The van der Waals surface area contributed by atoms with E-state index in [1.807, 2.05) is 30.3 Å². The van der Waals surface area contributed by atoms with Gasteiger partial charge in [-0.05, 0) is 35.7 Å². The predicted molar refractivity (Wildman–Crippen MR) is 116 cm³/mol. The van der Waals surface area contributed by atoms with E-state index >= 15 is 0 Å². The number of carbonyl (C=O) groups is 1. The number of aromatic nitrogens is 2. The molecule has 8 heteroatoms. The Bertz CT molecular complexity index is 1000. The molecule has 1 amide bonds. The fourth-order valence-corrected chi connectivity index (χ4v) is 3.27. The molecule has 1 heterocycles. The van der Waals surface area contributed by atoms with Crippen LogP contribution in [-0.4, -0.2) is 37.0 Å². The van der Waals surface area contributed by atoms with Crippen LogP contribution in [0.15, 0.2) is 48.7 Å². The molecule has 7 nitrogen and oxygen atoms in total. The van der Waals surface area contributed by atoms with Crippen molar-refractivity contribution < 1.29 is 19.0 Å². The van der Waals surface area contributed by atoms with Crippen molar-refractivity contribution in [1.29, 1.82) is 0 Å². The van der Waals surface area contributed by atoms with Crippen LogP contribution in [0.5, 0.6) is 17.2 Å². The number of carbonyl (C=O) groups excluding carboxylic acids is 1. The standard InChI is InChI=1S/C22H24ClN3O4/c1-28-18-10-6-16(21(29-2)22(18)30-3)7-11-20(27)25-19-12-13-24-26(19)14-15-4-8-17(23)9-5-15/h4-6,8-10,12-13H,7,11,14H2,1-3H3,(H,25,27). The van der Waals surface area contributed by atoms with E-state index < -0.39 is 0 Å². The minimum atomic E-state index is -0.121. The highest BCUT2D eigenvalue weighted by Gasteiger charge is 2.17. The van der Waals surface area contributed by atoms with Crippen LogP contribution in [0, 0.1) is 0 Å². The number of nitrogens with one attached hydrogen (secondary N) is 1. The minimum absolute atomic E-state index is 0.121. The van der Waals surface area contributed by atoms with E-state index in [9.17, 15) is 4.79 Å². The molecule has 0 aliphatic heterocycles. The molecule has 30 heavy (non-hydrogen) atoms. The summed E-state index contributed by atoms with van der Waals surface area (Å²) in [4.78, 5) is 12.5. The maximum atomic E-state index is 12.5. The van der Waals surface area contributed by atoms with Gasteiger partial charge in [0, 0.05) is 17.5 Å². The summed E-state index contributed by atoms with van der Waals surface area (Å²) in [5.41, 5.74) is 1.90. The van der Waals surface area contributed by atoms with Gasteiger partial charge in [-0.2, -0.15) is 5.10 Å². The average molecular weight is 430 g/mol. The van der Waals surface area contributed by atoms with Crippen LogP contribution >= 0.6 is 11.6 Å². The van der Waals surface area contributed by atoms with Crippen molar-refractivity contribution >= 4 is 23.3 Å². The molecule has 0 bridgehead atoms. The molecule has 0 spiro atoms. The second-order valence-electron chi connectivity index (χ2n) is 6.54. The zero-order valence-corrected chi connectivity index (χ0v) is 17.9. The van der Waals surface area contributed by atoms with Gasteiger partial charge in [0.25, 0.3) is 0 Å². The van der Waals surface area contributed by atoms with Crippen molar-refractivity contribution in [3.8, 4) is 17.2 Å². The summed E-state index contributed by atoms with van der Waals surface area (Å²) in [7, 11) is 4.69. The number of hydrogen-bond acceptors (Lipinski definition) is 5. The SMILES string of the molecule is COc1ccc(CCC(=O)Nc2ccnn2Cc2ccc(Cl)cc2)c(OC)c1OC. The number of methoxy groups -OCH3 is 3. The van der Waals surface area contributed by atoms with E-state index in [2.05, 4.69) is 10.4 Å². The Balaban J connectivity index is 1.65. The lowest BCUT2D eigenvalue weighted by Crippen LogP contribution is -2.16. The lowest BCUT2D eigenvalue weighted by Gasteiger charge is -2.15. The summed E-state index contributed by atoms with van der Waals surface area (Å²) in [5.74, 6) is 2.17. The number of hydrogen-bond donors (Lipinski definition) is 1. The molecular formula is C22H24ClN3O4. The predicted octanol–water partition coefficient (Wildman–Crippen LogP) is 4.18. The van der Waals surface area contributed by atoms with Gasteiger partial charge >= 0.3 is 0 Å².